The highest BCUT2D eigenvalue weighted by Crippen LogP contribution is 2.23. The van der Waals surface area contributed by atoms with Crippen molar-refractivity contribution in [2.45, 2.75) is 26.2 Å². The van der Waals surface area contributed by atoms with Crippen molar-refractivity contribution in [3.63, 3.8) is 0 Å². The Morgan fingerprint density at radius 3 is 2.84 bits per heavy atom. The summed E-state index contributed by atoms with van der Waals surface area (Å²) >= 11 is 1.65. The molecule has 2 aromatic rings. The Kier molecular flexibility index (Phi) is 5.10. The van der Waals surface area contributed by atoms with Crippen LogP contribution in [-0.4, -0.2) is 17.4 Å². The van der Waals surface area contributed by atoms with Crippen molar-refractivity contribution < 1.29 is 4.79 Å². The van der Waals surface area contributed by atoms with Crippen LogP contribution in [0.4, 0.5) is 0 Å². The van der Waals surface area contributed by atoms with Crippen molar-refractivity contribution >= 4 is 17.2 Å². The largest absolute Gasteiger partial charge is 0.356 e. The molecule has 0 saturated carbocycles. The summed E-state index contributed by atoms with van der Waals surface area (Å²) in [5, 5.41) is 6.01. The quantitative estimate of drug-likeness (QED) is 0.878. The van der Waals surface area contributed by atoms with Crippen molar-refractivity contribution in [3.8, 4) is 10.6 Å². The summed E-state index contributed by atoms with van der Waals surface area (Å²) in [7, 11) is 0. The molecule has 1 aromatic heterocycles. The SMILES string of the molecule is CCCC(=O)NCCc1csc(-c2ccccc2)n1. The fraction of sp³-hybridized carbons (Fsp3) is 0.333. The fourth-order valence-electron chi connectivity index (χ4n) is 1.78. The molecule has 0 saturated heterocycles. The second-order valence-electron chi connectivity index (χ2n) is 4.36. The van der Waals surface area contributed by atoms with Crippen LogP contribution in [0.25, 0.3) is 10.6 Å². The number of amides is 1. The molecule has 2 rings (SSSR count). The molecule has 1 heterocycles. The van der Waals surface area contributed by atoms with E-state index in [9.17, 15) is 4.79 Å². The minimum Gasteiger partial charge on any atom is -0.356 e. The van der Waals surface area contributed by atoms with Gasteiger partial charge in [-0.1, -0.05) is 37.3 Å². The highest BCUT2D eigenvalue weighted by atomic mass is 32.1. The molecule has 0 aliphatic rings. The lowest BCUT2D eigenvalue weighted by Crippen LogP contribution is -2.25. The molecule has 0 atom stereocenters. The molecule has 0 fully saturated rings. The van der Waals surface area contributed by atoms with E-state index in [-0.39, 0.29) is 5.91 Å². The molecule has 1 amide bonds. The van der Waals surface area contributed by atoms with E-state index >= 15 is 0 Å². The minimum absolute atomic E-state index is 0.126. The van der Waals surface area contributed by atoms with Gasteiger partial charge in [-0.25, -0.2) is 4.98 Å². The van der Waals surface area contributed by atoms with Crippen LogP contribution in [0.5, 0.6) is 0 Å². The number of nitrogens with zero attached hydrogens (tertiary/aromatic N) is 1. The Morgan fingerprint density at radius 1 is 1.32 bits per heavy atom. The van der Waals surface area contributed by atoms with Crippen molar-refractivity contribution in [2.24, 2.45) is 0 Å². The number of carbonyl (C=O) groups excluding carboxylic acids is 1. The number of thiazole rings is 1. The lowest BCUT2D eigenvalue weighted by atomic mass is 10.2. The van der Waals surface area contributed by atoms with Gasteiger partial charge in [0, 0.05) is 30.3 Å². The zero-order valence-corrected chi connectivity index (χ0v) is 11.9. The molecule has 0 spiro atoms. The van der Waals surface area contributed by atoms with Crippen LogP contribution in [0.2, 0.25) is 0 Å². The van der Waals surface area contributed by atoms with Crippen molar-refractivity contribution in [1.29, 1.82) is 0 Å². The minimum atomic E-state index is 0.126. The predicted molar refractivity (Wildman–Crippen MR) is 79.2 cm³/mol. The first kappa shape index (κ1) is 13.7. The molecular weight excluding hydrogens is 256 g/mol. The number of carbonyl (C=O) groups is 1. The van der Waals surface area contributed by atoms with Gasteiger partial charge in [0.15, 0.2) is 0 Å². The summed E-state index contributed by atoms with van der Waals surface area (Å²) in [4.78, 5) is 15.9. The van der Waals surface area contributed by atoms with Crippen LogP contribution < -0.4 is 5.32 Å². The molecule has 0 radical (unpaired) electrons. The summed E-state index contributed by atoms with van der Waals surface area (Å²) in [6.07, 6.45) is 2.28. The Labute approximate surface area is 117 Å². The summed E-state index contributed by atoms with van der Waals surface area (Å²) < 4.78 is 0. The van der Waals surface area contributed by atoms with Gasteiger partial charge in [-0.3, -0.25) is 4.79 Å². The Morgan fingerprint density at radius 2 is 2.11 bits per heavy atom. The van der Waals surface area contributed by atoms with Gasteiger partial charge in [-0.2, -0.15) is 0 Å². The Bertz CT molecular complexity index is 522. The van der Waals surface area contributed by atoms with E-state index in [1.54, 1.807) is 11.3 Å². The lowest BCUT2D eigenvalue weighted by molar-refractivity contribution is -0.121. The topological polar surface area (TPSA) is 42.0 Å². The third-order valence-electron chi connectivity index (χ3n) is 2.75. The van der Waals surface area contributed by atoms with Crippen LogP contribution in [-0.2, 0) is 11.2 Å². The van der Waals surface area contributed by atoms with Gasteiger partial charge >= 0.3 is 0 Å². The summed E-state index contributed by atoms with van der Waals surface area (Å²) in [6, 6.07) is 10.2. The van der Waals surface area contributed by atoms with Crippen LogP contribution in [0.15, 0.2) is 35.7 Å². The maximum absolute atomic E-state index is 11.3. The predicted octanol–water partition coefficient (Wildman–Crippen LogP) is 3.27. The summed E-state index contributed by atoms with van der Waals surface area (Å²) in [6.45, 7) is 2.67. The Balaban J connectivity index is 1.86. The molecule has 0 aliphatic heterocycles. The number of benzene rings is 1. The van der Waals surface area contributed by atoms with Crippen LogP contribution in [0, 0.1) is 0 Å². The number of hydrogen-bond acceptors (Lipinski definition) is 3. The third-order valence-corrected chi connectivity index (χ3v) is 3.69. The van der Waals surface area contributed by atoms with Crippen LogP contribution in [0.1, 0.15) is 25.5 Å². The molecule has 19 heavy (non-hydrogen) atoms. The molecular formula is C15H18N2OS. The first-order valence-corrected chi connectivity index (χ1v) is 7.44. The summed E-state index contributed by atoms with van der Waals surface area (Å²) in [5.41, 5.74) is 2.19. The van der Waals surface area contributed by atoms with Crippen molar-refractivity contribution in [1.82, 2.24) is 10.3 Å². The van der Waals surface area contributed by atoms with Gasteiger partial charge in [-0.05, 0) is 6.42 Å². The maximum atomic E-state index is 11.3. The van der Waals surface area contributed by atoms with Gasteiger partial charge in [0.25, 0.3) is 0 Å². The van der Waals surface area contributed by atoms with E-state index in [0.29, 0.717) is 13.0 Å². The van der Waals surface area contributed by atoms with Crippen LogP contribution >= 0.6 is 11.3 Å². The highest BCUT2D eigenvalue weighted by molar-refractivity contribution is 7.13. The molecule has 1 N–H and O–H groups in total. The Hall–Kier alpha value is -1.68. The van der Waals surface area contributed by atoms with Crippen LogP contribution in [0.3, 0.4) is 0 Å². The number of aromatic nitrogens is 1. The first-order chi connectivity index (χ1) is 9.29. The van der Waals surface area contributed by atoms with E-state index in [2.05, 4.69) is 27.8 Å². The average Bonchev–Trinajstić information content (AvgIpc) is 2.89. The van der Waals surface area contributed by atoms with Crippen molar-refractivity contribution in [2.75, 3.05) is 6.54 Å². The molecule has 0 aliphatic carbocycles. The van der Waals surface area contributed by atoms with E-state index < -0.39 is 0 Å². The highest BCUT2D eigenvalue weighted by Gasteiger charge is 2.05. The van der Waals surface area contributed by atoms with Gasteiger partial charge in [0.2, 0.25) is 5.91 Å². The third kappa shape index (κ3) is 4.17. The zero-order valence-electron chi connectivity index (χ0n) is 11.1. The zero-order chi connectivity index (χ0) is 13.5. The van der Waals surface area contributed by atoms with Gasteiger partial charge in [-0.15, -0.1) is 11.3 Å². The van der Waals surface area contributed by atoms with E-state index in [4.69, 9.17) is 0 Å². The van der Waals surface area contributed by atoms with E-state index in [1.807, 2.05) is 25.1 Å². The smallest absolute Gasteiger partial charge is 0.219 e. The molecule has 0 bridgehead atoms. The molecule has 100 valence electrons. The second kappa shape index (κ2) is 7.04. The molecule has 3 nitrogen and oxygen atoms in total. The van der Waals surface area contributed by atoms with Gasteiger partial charge in [0.05, 0.1) is 5.69 Å². The first-order valence-electron chi connectivity index (χ1n) is 6.56. The van der Waals surface area contributed by atoms with E-state index in [0.717, 1.165) is 29.1 Å². The molecule has 4 heteroatoms. The molecule has 1 aromatic carbocycles. The lowest BCUT2D eigenvalue weighted by Gasteiger charge is -2.01. The van der Waals surface area contributed by atoms with E-state index in [1.165, 1.54) is 0 Å². The average molecular weight is 274 g/mol. The van der Waals surface area contributed by atoms with Gasteiger partial charge in [0.1, 0.15) is 5.01 Å². The number of nitrogens with one attached hydrogen (secondary N) is 1. The van der Waals surface area contributed by atoms with Gasteiger partial charge < -0.3 is 5.32 Å². The normalized spacial score (nSPS) is 10.4. The fourth-order valence-corrected chi connectivity index (χ4v) is 2.64. The second-order valence-corrected chi connectivity index (χ2v) is 5.22. The standard InChI is InChI=1S/C15H18N2OS/c1-2-6-14(18)16-10-9-13-11-19-15(17-13)12-7-4-3-5-8-12/h3-5,7-8,11H,2,6,9-10H2,1H3,(H,16,18). The maximum Gasteiger partial charge on any atom is 0.219 e. The molecule has 0 unspecified atom stereocenters. The monoisotopic (exact) mass is 274 g/mol. The summed E-state index contributed by atoms with van der Waals surface area (Å²) in [5.74, 6) is 0.126. The number of hydrogen-bond donors (Lipinski definition) is 1. The number of rotatable bonds is 6. The van der Waals surface area contributed by atoms with Crippen molar-refractivity contribution in [3.05, 3.63) is 41.4 Å².